The Kier molecular flexibility index (Phi) is 8.94. The maximum absolute atomic E-state index is 10.8. The lowest BCUT2D eigenvalue weighted by Crippen LogP contribution is -2.47. The van der Waals surface area contributed by atoms with Crippen molar-refractivity contribution >= 4 is 21.9 Å². The zero-order valence-corrected chi connectivity index (χ0v) is 14.6. The highest BCUT2D eigenvalue weighted by Gasteiger charge is 2.25. The lowest BCUT2D eigenvalue weighted by atomic mass is 10.1. The number of carbonyl (C=O) groups excluding carboxylic acids is 2. The average Bonchev–Trinajstić information content (AvgIpc) is 2.23. The molecule has 3 N–H and O–H groups in total. The van der Waals surface area contributed by atoms with Crippen molar-refractivity contribution in [3.8, 4) is 0 Å². The largest absolute Gasteiger partial charge is 0.348 e. The number of amides is 2. The van der Waals surface area contributed by atoms with Crippen LogP contribution in [0.1, 0.15) is 34.6 Å². The summed E-state index contributed by atoms with van der Waals surface area (Å²) in [6.07, 6.45) is 2.30. The molecule has 0 aliphatic carbocycles. The van der Waals surface area contributed by atoms with Gasteiger partial charge < -0.3 is 10.6 Å². The summed E-state index contributed by atoms with van der Waals surface area (Å²) in [5.74, 6) is -1.13. The van der Waals surface area contributed by atoms with E-state index in [0.717, 1.165) is 6.08 Å². The summed E-state index contributed by atoms with van der Waals surface area (Å²) in [6.45, 7) is 15.3. The molecule has 0 aromatic carbocycles. The van der Waals surface area contributed by atoms with Crippen LogP contribution in [-0.2, 0) is 19.7 Å². The van der Waals surface area contributed by atoms with Gasteiger partial charge in [0.1, 0.15) is 0 Å². The molecule has 0 aromatic rings. The summed E-state index contributed by atoms with van der Waals surface area (Å²) < 4.78 is 29.5. The van der Waals surface area contributed by atoms with E-state index in [9.17, 15) is 18.0 Å². The highest BCUT2D eigenvalue weighted by atomic mass is 32.2. The molecule has 0 radical (unpaired) electrons. The van der Waals surface area contributed by atoms with Crippen LogP contribution in [0, 0.1) is 0 Å². The zero-order valence-electron chi connectivity index (χ0n) is 13.8. The predicted octanol–water partition coefficient (Wildman–Crippen LogP) is 1.04. The molecule has 0 saturated heterocycles. The summed E-state index contributed by atoms with van der Waals surface area (Å²) in [5.41, 5.74) is -1.15. The first-order valence-corrected chi connectivity index (χ1v) is 8.07. The fourth-order valence-corrected chi connectivity index (χ4v) is 2.28. The van der Waals surface area contributed by atoms with Crippen LogP contribution in [-0.4, -0.2) is 41.6 Å². The van der Waals surface area contributed by atoms with Crippen LogP contribution in [0.3, 0.4) is 0 Å². The summed E-state index contributed by atoms with van der Waals surface area (Å²) in [6, 6.07) is 0. The Morgan fingerprint density at radius 1 is 1.00 bits per heavy atom. The number of nitrogens with one attached hydrogen (secondary N) is 2. The minimum atomic E-state index is -4.08. The van der Waals surface area contributed by atoms with Crippen LogP contribution in [0.4, 0.5) is 0 Å². The third-order valence-corrected chi connectivity index (χ3v) is 2.96. The van der Waals surface area contributed by atoms with Crippen molar-refractivity contribution in [2.24, 2.45) is 0 Å². The quantitative estimate of drug-likeness (QED) is 0.514. The molecule has 0 aliphatic rings. The van der Waals surface area contributed by atoms with E-state index in [1.807, 2.05) is 20.8 Å². The molecule has 0 unspecified atom stereocenters. The highest BCUT2D eigenvalue weighted by molar-refractivity contribution is 7.85. The van der Waals surface area contributed by atoms with Crippen LogP contribution in [0.15, 0.2) is 25.3 Å². The van der Waals surface area contributed by atoms with Crippen molar-refractivity contribution in [3.63, 3.8) is 0 Å². The molecule has 0 fully saturated rings. The summed E-state index contributed by atoms with van der Waals surface area (Å²) in [4.78, 5) is 21.4. The smallest absolute Gasteiger partial charge is 0.267 e. The molecule has 22 heavy (non-hydrogen) atoms. The first kappa shape index (κ1) is 22.6. The summed E-state index contributed by atoms with van der Waals surface area (Å²) in [7, 11) is -4.08. The first-order valence-electron chi connectivity index (χ1n) is 6.46. The van der Waals surface area contributed by atoms with Gasteiger partial charge in [-0.2, -0.15) is 8.42 Å². The van der Waals surface area contributed by atoms with E-state index in [4.69, 9.17) is 4.55 Å². The van der Waals surface area contributed by atoms with Crippen molar-refractivity contribution in [2.75, 3.05) is 5.75 Å². The van der Waals surface area contributed by atoms with Gasteiger partial charge in [-0.25, -0.2) is 0 Å². The Morgan fingerprint density at radius 2 is 1.36 bits per heavy atom. The third-order valence-electron chi connectivity index (χ3n) is 1.87. The average molecular weight is 334 g/mol. The molecule has 0 rings (SSSR count). The zero-order chi connectivity index (χ0) is 18.2. The van der Waals surface area contributed by atoms with Gasteiger partial charge >= 0.3 is 0 Å². The van der Waals surface area contributed by atoms with Gasteiger partial charge in [0.2, 0.25) is 11.8 Å². The van der Waals surface area contributed by atoms with Crippen LogP contribution >= 0.6 is 0 Å². The third kappa shape index (κ3) is 16.4. The van der Waals surface area contributed by atoms with Crippen molar-refractivity contribution < 1.29 is 22.6 Å². The lowest BCUT2D eigenvalue weighted by Gasteiger charge is -2.23. The van der Waals surface area contributed by atoms with Gasteiger partial charge in [-0.1, -0.05) is 13.2 Å². The molecule has 128 valence electrons. The van der Waals surface area contributed by atoms with Gasteiger partial charge in [-0.3, -0.25) is 14.1 Å². The minimum absolute atomic E-state index is 0.123. The molecule has 8 heteroatoms. The molecule has 0 bridgehead atoms. The molecule has 0 spiro atoms. The summed E-state index contributed by atoms with van der Waals surface area (Å²) >= 11 is 0. The van der Waals surface area contributed by atoms with Crippen molar-refractivity contribution in [3.05, 3.63) is 25.3 Å². The van der Waals surface area contributed by atoms with E-state index >= 15 is 0 Å². The SMILES string of the molecule is C=CC(=O)NC(C)(C)C.C=CC(=O)NC(C)(C)CS(=O)(=O)O. The fraction of sp³-hybridized carbons (Fsp3) is 0.571. The lowest BCUT2D eigenvalue weighted by molar-refractivity contribution is -0.118. The maximum atomic E-state index is 10.8. The standard InChI is InChI=1S/C7H13NO4S.C7H13NO/c1-4-6(9)8-7(2,3)5-13(10,11)12;1-5-6(9)8-7(2,3)4/h4H,1,5H2,2-3H3,(H,8,9)(H,10,11,12);5H,1H2,2-4H3,(H,8,9). The first-order chi connectivity index (χ1) is 9.62. The van der Waals surface area contributed by atoms with E-state index in [0.29, 0.717) is 0 Å². The van der Waals surface area contributed by atoms with E-state index in [-0.39, 0.29) is 11.4 Å². The van der Waals surface area contributed by atoms with Gasteiger partial charge in [-0.05, 0) is 46.8 Å². The van der Waals surface area contributed by atoms with E-state index < -0.39 is 27.3 Å². The van der Waals surface area contributed by atoms with Gasteiger partial charge in [0.25, 0.3) is 10.1 Å². The fourth-order valence-electron chi connectivity index (χ4n) is 1.30. The molecular weight excluding hydrogens is 308 g/mol. The second kappa shape index (κ2) is 8.70. The molecule has 0 atom stereocenters. The van der Waals surface area contributed by atoms with E-state index in [2.05, 4.69) is 23.8 Å². The van der Waals surface area contributed by atoms with E-state index in [1.165, 1.54) is 19.9 Å². The van der Waals surface area contributed by atoms with Crippen molar-refractivity contribution in [2.45, 2.75) is 45.7 Å². The normalized spacial score (nSPS) is 11.5. The van der Waals surface area contributed by atoms with Gasteiger partial charge in [0.15, 0.2) is 0 Å². The monoisotopic (exact) mass is 334 g/mol. The van der Waals surface area contributed by atoms with Crippen molar-refractivity contribution in [1.29, 1.82) is 0 Å². The number of hydrogen-bond donors (Lipinski definition) is 3. The molecular formula is C14H26N2O5S. The minimum Gasteiger partial charge on any atom is -0.348 e. The topological polar surface area (TPSA) is 113 Å². The number of rotatable bonds is 5. The number of carbonyl (C=O) groups is 2. The Balaban J connectivity index is 0. The van der Waals surface area contributed by atoms with Gasteiger partial charge in [-0.15, -0.1) is 0 Å². The Morgan fingerprint density at radius 3 is 1.59 bits per heavy atom. The van der Waals surface area contributed by atoms with Crippen LogP contribution in [0.25, 0.3) is 0 Å². The van der Waals surface area contributed by atoms with Crippen LogP contribution in [0.5, 0.6) is 0 Å². The Labute approximate surface area is 132 Å². The molecule has 7 nitrogen and oxygen atoms in total. The Hall–Kier alpha value is -1.67. The molecule has 2 amide bonds. The predicted molar refractivity (Wildman–Crippen MR) is 86.9 cm³/mol. The maximum Gasteiger partial charge on any atom is 0.267 e. The van der Waals surface area contributed by atoms with E-state index in [1.54, 1.807) is 0 Å². The van der Waals surface area contributed by atoms with Gasteiger partial charge in [0.05, 0.1) is 11.3 Å². The molecule has 0 heterocycles. The van der Waals surface area contributed by atoms with Crippen LogP contribution in [0.2, 0.25) is 0 Å². The molecule has 0 aliphatic heterocycles. The number of hydrogen-bond acceptors (Lipinski definition) is 4. The van der Waals surface area contributed by atoms with Crippen molar-refractivity contribution in [1.82, 2.24) is 10.6 Å². The Bertz CT molecular complexity index is 516. The second-order valence-electron chi connectivity index (χ2n) is 6.25. The second-order valence-corrected chi connectivity index (χ2v) is 7.70. The molecule has 0 saturated carbocycles. The summed E-state index contributed by atoms with van der Waals surface area (Å²) in [5, 5.41) is 5.08. The van der Waals surface area contributed by atoms with Crippen LogP contribution < -0.4 is 10.6 Å². The highest BCUT2D eigenvalue weighted by Crippen LogP contribution is 2.05. The molecule has 0 aromatic heterocycles. The van der Waals surface area contributed by atoms with Gasteiger partial charge in [0, 0.05) is 5.54 Å².